The Kier molecular flexibility index (Phi) is 8.38. The maximum Gasteiger partial charge on any atom is 0.308 e. The Morgan fingerprint density at radius 2 is 2.00 bits per heavy atom. The van der Waals surface area contributed by atoms with Crippen LogP contribution in [0.25, 0.3) is 0 Å². The Morgan fingerprint density at radius 1 is 1.33 bits per heavy atom. The first-order valence-corrected chi connectivity index (χ1v) is 5.93. The molecule has 0 aromatic rings. The fraction of sp³-hybridized carbons (Fsp3) is 0.917. The minimum atomic E-state index is -0.550. The molecule has 0 aliphatic carbocycles. The quantitative estimate of drug-likeness (QED) is 0.634. The van der Waals surface area contributed by atoms with Crippen LogP contribution in [0.15, 0.2) is 0 Å². The van der Waals surface area contributed by atoms with Gasteiger partial charge in [-0.25, -0.2) is 0 Å². The fourth-order valence-electron chi connectivity index (χ4n) is 1.41. The molecule has 0 rings (SSSR count). The number of ether oxygens (including phenoxy) is 1. The highest BCUT2D eigenvalue weighted by atomic mass is 16.5. The monoisotopic (exact) mass is 216 g/mol. The molecular formula is C12H24O3. The minimum absolute atomic E-state index is 0.124. The van der Waals surface area contributed by atoms with E-state index in [0.29, 0.717) is 18.9 Å². The molecule has 0 aromatic carbocycles. The molecule has 0 saturated heterocycles. The van der Waals surface area contributed by atoms with Gasteiger partial charge in [0.25, 0.3) is 0 Å². The average molecular weight is 216 g/mol. The van der Waals surface area contributed by atoms with Gasteiger partial charge in [-0.3, -0.25) is 4.79 Å². The lowest BCUT2D eigenvalue weighted by atomic mass is 10.0. The highest BCUT2D eigenvalue weighted by molar-refractivity contribution is 5.69. The summed E-state index contributed by atoms with van der Waals surface area (Å²) in [5.74, 6) is 0.326. The van der Waals surface area contributed by atoms with E-state index in [0.717, 1.165) is 6.42 Å². The Labute approximate surface area is 92.8 Å². The standard InChI is InChI=1S/C12H24O3/c1-4-6-10(3)7-8-15-12(14)9-11(13)5-2/h10-11,13H,4-9H2,1-3H3. The second-order valence-corrected chi connectivity index (χ2v) is 4.17. The van der Waals surface area contributed by atoms with E-state index in [9.17, 15) is 9.90 Å². The van der Waals surface area contributed by atoms with E-state index < -0.39 is 6.10 Å². The van der Waals surface area contributed by atoms with E-state index in [1.807, 2.05) is 6.92 Å². The van der Waals surface area contributed by atoms with Crippen molar-refractivity contribution in [2.75, 3.05) is 6.61 Å². The lowest BCUT2D eigenvalue weighted by Crippen LogP contribution is -2.16. The smallest absolute Gasteiger partial charge is 0.308 e. The summed E-state index contributed by atoms with van der Waals surface area (Å²) in [5.41, 5.74) is 0. The molecule has 0 spiro atoms. The van der Waals surface area contributed by atoms with Gasteiger partial charge in [-0.1, -0.05) is 33.6 Å². The first-order chi connectivity index (χ1) is 7.10. The van der Waals surface area contributed by atoms with Gasteiger partial charge < -0.3 is 9.84 Å². The van der Waals surface area contributed by atoms with Gasteiger partial charge in [0.05, 0.1) is 19.1 Å². The molecule has 2 unspecified atom stereocenters. The van der Waals surface area contributed by atoms with Crippen LogP contribution in [-0.4, -0.2) is 23.8 Å². The summed E-state index contributed by atoms with van der Waals surface area (Å²) in [7, 11) is 0. The summed E-state index contributed by atoms with van der Waals surface area (Å²) in [6.45, 7) is 6.65. The highest BCUT2D eigenvalue weighted by Crippen LogP contribution is 2.10. The van der Waals surface area contributed by atoms with Crippen molar-refractivity contribution in [1.82, 2.24) is 0 Å². The van der Waals surface area contributed by atoms with Gasteiger partial charge in [0, 0.05) is 0 Å². The van der Waals surface area contributed by atoms with Crippen LogP contribution in [0.1, 0.15) is 52.9 Å². The molecule has 2 atom stereocenters. The Balaban J connectivity index is 3.46. The zero-order valence-electron chi connectivity index (χ0n) is 10.2. The molecule has 0 heterocycles. The summed E-state index contributed by atoms with van der Waals surface area (Å²) in [6, 6.07) is 0. The van der Waals surface area contributed by atoms with Gasteiger partial charge in [0.2, 0.25) is 0 Å². The van der Waals surface area contributed by atoms with Crippen molar-refractivity contribution in [3.8, 4) is 0 Å². The molecule has 0 amide bonds. The van der Waals surface area contributed by atoms with E-state index in [-0.39, 0.29) is 12.4 Å². The fourth-order valence-corrected chi connectivity index (χ4v) is 1.41. The highest BCUT2D eigenvalue weighted by Gasteiger charge is 2.10. The summed E-state index contributed by atoms with van der Waals surface area (Å²) in [6.07, 6.45) is 3.44. The number of hydrogen-bond donors (Lipinski definition) is 1. The molecule has 15 heavy (non-hydrogen) atoms. The molecule has 0 aromatic heterocycles. The average Bonchev–Trinajstić information content (AvgIpc) is 2.18. The number of hydrogen-bond acceptors (Lipinski definition) is 3. The Bertz CT molecular complexity index is 168. The number of carbonyl (C=O) groups excluding carboxylic acids is 1. The third kappa shape index (κ3) is 8.43. The van der Waals surface area contributed by atoms with Crippen molar-refractivity contribution in [2.45, 2.75) is 59.0 Å². The molecule has 0 fully saturated rings. The maximum absolute atomic E-state index is 11.2. The second kappa shape index (κ2) is 8.72. The molecular weight excluding hydrogens is 192 g/mol. The summed E-state index contributed by atoms with van der Waals surface area (Å²) in [5, 5.41) is 9.22. The third-order valence-corrected chi connectivity index (χ3v) is 2.53. The minimum Gasteiger partial charge on any atom is -0.466 e. The van der Waals surface area contributed by atoms with Crippen LogP contribution in [0, 0.1) is 5.92 Å². The van der Waals surface area contributed by atoms with Crippen molar-refractivity contribution in [1.29, 1.82) is 0 Å². The Morgan fingerprint density at radius 3 is 2.53 bits per heavy atom. The molecule has 0 saturated carbocycles. The largest absolute Gasteiger partial charge is 0.466 e. The van der Waals surface area contributed by atoms with Gasteiger partial charge in [-0.2, -0.15) is 0 Å². The van der Waals surface area contributed by atoms with E-state index >= 15 is 0 Å². The van der Waals surface area contributed by atoms with Gasteiger partial charge in [0.15, 0.2) is 0 Å². The van der Waals surface area contributed by atoms with Crippen LogP contribution < -0.4 is 0 Å². The zero-order valence-corrected chi connectivity index (χ0v) is 10.2. The second-order valence-electron chi connectivity index (χ2n) is 4.17. The van der Waals surface area contributed by atoms with Crippen molar-refractivity contribution < 1.29 is 14.6 Å². The number of rotatable bonds is 8. The molecule has 3 nitrogen and oxygen atoms in total. The van der Waals surface area contributed by atoms with Crippen LogP contribution in [0.3, 0.4) is 0 Å². The van der Waals surface area contributed by atoms with Crippen LogP contribution >= 0.6 is 0 Å². The predicted octanol–water partition coefficient (Wildman–Crippen LogP) is 2.52. The molecule has 0 aliphatic rings. The third-order valence-electron chi connectivity index (χ3n) is 2.53. The first-order valence-electron chi connectivity index (χ1n) is 5.93. The van der Waals surface area contributed by atoms with Crippen LogP contribution in [0.5, 0.6) is 0 Å². The van der Waals surface area contributed by atoms with E-state index in [1.165, 1.54) is 12.8 Å². The molecule has 0 aliphatic heterocycles. The van der Waals surface area contributed by atoms with Crippen LogP contribution in [-0.2, 0) is 9.53 Å². The summed E-state index contributed by atoms with van der Waals surface area (Å²) in [4.78, 5) is 11.2. The van der Waals surface area contributed by atoms with Gasteiger partial charge in [-0.15, -0.1) is 0 Å². The molecule has 90 valence electrons. The van der Waals surface area contributed by atoms with Crippen molar-refractivity contribution >= 4 is 5.97 Å². The molecule has 0 bridgehead atoms. The van der Waals surface area contributed by atoms with Crippen molar-refractivity contribution in [2.24, 2.45) is 5.92 Å². The maximum atomic E-state index is 11.2. The van der Waals surface area contributed by atoms with Crippen molar-refractivity contribution in [3.05, 3.63) is 0 Å². The SMILES string of the molecule is CCCC(C)CCOC(=O)CC(O)CC. The predicted molar refractivity (Wildman–Crippen MR) is 60.6 cm³/mol. The molecule has 0 radical (unpaired) electrons. The number of aliphatic hydroxyl groups excluding tert-OH is 1. The van der Waals surface area contributed by atoms with E-state index in [1.54, 1.807) is 0 Å². The van der Waals surface area contributed by atoms with Crippen LogP contribution in [0.4, 0.5) is 0 Å². The number of carbonyl (C=O) groups is 1. The number of aliphatic hydroxyl groups is 1. The zero-order chi connectivity index (χ0) is 11.7. The van der Waals surface area contributed by atoms with Gasteiger partial charge in [0.1, 0.15) is 0 Å². The molecule has 3 heteroatoms. The van der Waals surface area contributed by atoms with Crippen LogP contribution in [0.2, 0.25) is 0 Å². The van der Waals surface area contributed by atoms with Gasteiger partial charge >= 0.3 is 5.97 Å². The van der Waals surface area contributed by atoms with Crippen molar-refractivity contribution in [3.63, 3.8) is 0 Å². The van der Waals surface area contributed by atoms with E-state index in [4.69, 9.17) is 4.74 Å². The lowest BCUT2D eigenvalue weighted by molar-refractivity contribution is -0.146. The van der Waals surface area contributed by atoms with E-state index in [2.05, 4.69) is 13.8 Å². The first kappa shape index (κ1) is 14.4. The van der Waals surface area contributed by atoms with Gasteiger partial charge in [-0.05, 0) is 18.8 Å². The topological polar surface area (TPSA) is 46.5 Å². The Hall–Kier alpha value is -0.570. The normalized spacial score (nSPS) is 14.7. The molecule has 1 N–H and O–H groups in total. The summed E-state index contributed by atoms with van der Waals surface area (Å²) < 4.78 is 5.03. The summed E-state index contributed by atoms with van der Waals surface area (Å²) >= 11 is 0. The lowest BCUT2D eigenvalue weighted by Gasteiger charge is -2.11. The number of esters is 1.